The normalized spacial score (nSPS) is 15.8. The van der Waals surface area contributed by atoms with E-state index in [2.05, 4.69) is 15.5 Å². The van der Waals surface area contributed by atoms with Crippen LogP contribution >= 0.6 is 0 Å². The van der Waals surface area contributed by atoms with Gasteiger partial charge in [-0.1, -0.05) is 17.2 Å². The Morgan fingerprint density at radius 3 is 2.24 bits per heavy atom. The van der Waals surface area contributed by atoms with Crippen LogP contribution in [-0.2, 0) is 24.7 Å². The molecule has 1 N–H and O–H groups in total. The van der Waals surface area contributed by atoms with Gasteiger partial charge in [0, 0.05) is 30.8 Å². The number of benzene rings is 2. The third-order valence-electron chi connectivity index (χ3n) is 5.44. The van der Waals surface area contributed by atoms with Crippen LogP contribution in [0.25, 0.3) is 11.5 Å². The van der Waals surface area contributed by atoms with Crippen LogP contribution in [0.2, 0.25) is 0 Å². The summed E-state index contributed by atoms with van der Waals surface area (Å²) < 4.78 is 69.9. The van der Waals surface area contributed by atoms with Crippen LogP contribution in [0.5, 0.6) is 0 Å². The molecule has 13 heteroatoms. The molecule has 1 fully saturated rings. The molecule has 0 aliphatic carbocycles. The fraction of sp³-hybridized carbons (Fsp3) is 0.286. The molecular formula is C21H21FN4O6S2. The molecule has 4 rings (SSSR count). The number of carbonyl (C=O) groups excluding carboxylic acids is 1. The van der Waals surface area contributed by atoms with Gasteiger partial charge in [0.2, 0.25) is 21.8 Å². The molecule has 3 aromatic rings. The van der Waals surface area contributed by atoms with Gasteiger partial charge >= 0.3 is 6.01 Å². The summed E-state index contributed by atoms with van der Waals surface area (Å²) in [6, 6.07) is 10.7. The monoisotopic (exact) mass is 508 g/mol. The van der Waals surface area contributed by atoms with E-state index in [1.54, 1.807) is 0 Å². The van der Waals surface area contributed by atoms with Gasteiger partial charge in [0.1, 0.15) is 10.7 Å². The van der Waals surface area contributed by atoms with Crippen molar-refractivity contribution in [1.29, 1.82) is 0 Å². The lowest BCUT2D eigenvalue weighted by Crippen LogP contribution is -2.41. The zero-order valence-electron chi connectivity index (χ0n) is 18.0. The molecule has 0 saturated carbocycles. The van der Waals surface area contributed by atoms with Crippen LogP contribution < -0.4 is 5.32 Å². The maximum absolute atomic E-state index is 13.1. The molecule has 0 bridgehead atoms. The molecule has 0 radical (unpaired) electrons. The Bertz CT molecular complexity index is 1410. The van der Waals surface area contributed by atoms with E-state index < -0.39 is 37.5 Å². The number of nitrogens with one attached hydrogen (secondary N) is 1. The number of hydrogen-bond donors (Lipinski definition) is 1. The van der Waals surface area contributed by atoms with Crippen LogP contribution in [0.4, 0.5) is 10.4 Å². The number of hydrogen-bond acceptors (Lipinski definition) is 8. The van der Waals surface area contributed by atoms with Gasteiger partial charge in [0.15, 0.2) is 9.84 Å². The van der Waals surface area contributed by atoms with Gasteiger partial charge in [-0.2, -0.15) is 4.31 Å². The molecule has 1 aliphatic rings. The first-order chi connectivity index (χ1) is 16.1. The van der Waals surface area contributed by atoms with Gasteiger partial charge in [-0.05, 0) is 49.2 Å². The second kappa shape index (κ2) is 9.24. The number of carbonyl (C=O) groups is 1. The van der Waals surface area contributed by atoms with Crippen molar-refractivity contribution in [1.82, 2.24) is 14.5 Å². The number of halogens is 1. The number of amides is 1. The van der Waals surface area contributed by atoms with Crippen molar-refractivity contribution >= 4 is 31.8 Å². The van der Waals surface area contributed by atoms with E-state index in [0.29, 0.717) is 5.56 Å². The average Bonchev–Trinajstić information content (AvgIpc) is 3.27. The summed E-state index contributed by atoms with van der Waals surface area (Å²) in [4.78, 5) is 12.1. The number of nitrogens with zero attached hydrogens (tertiary/aromatic N) is 3. The highest BCUT2D eigenvalue weighted by atomic mass is 32.2. The molecule has 1 aromatic heterocycles. The fourth-order valence-electron chi connectivity index (χ4n) is 3.66. The van der Waals surface area contributed by atoms with Crippen molar-refractivity contribution in [3.8, 4) is 11.5 Å². The average molecular weight is 509 g/mol. The van der Waals surface area contributed by atoms with E-state index in [9.17, 15) is 26.0 Å². The van der Waals surface area contributed by atoms with Gasteiger partial charge in [-0.3, -0.25) is 10.1 Å². The summed E-state index contributed by atoms with van der Waals surface area (Å²) in [6.07, 6.45) is 1.41. The number of rotatable bonds is 6. The van der Waals surface area contributed by atoms with E-state index in [1.807, 2.05) is 0 Å². The second-order valence-electron chi connectivity index (χ2n) is 7.81. The van der Waals surface area contributed by atoms with Crippen molar-refractivity contribution < 1.29 is 30.4 Å². The Kier molecular flexibility index (Phi) is 6.51. The van der Waals surface area contributed by atoms with Gasteiger partial charge < -0.3 is 4.42 Å². The maximum atomic E-state index is 13.1. The largest absolute Gasteiger partial charge is 0.403 e. The number of sulfonamides is 1. The highest BCUT2D eigenvalue weighted by molar-refractivity contribution is 7.93. The summed E-state index contributed by atoms with van der Waals surface area (Å²) in [6.45, 7) is 0.0896. The minimum absolute atomic E-state index is 0.0448. The molecular weight excluding hydrogens is 487 g/mol. The van der Waals surface area contributed by atoms with Gasteiger partial charge in [-0.25, -0.2) is 21.2 Å². The van der Waals surface area contributed by atoms with Crippen LogP contribution in [0.15, 0.2) is 62.7 Å². The van der Waals surface area contributed by atoms with E-state index in [-0.39, 0.29) is 47.6 Å². The smallest absolute Gasteiger partial charge is 0.322 e. The third kappa shape index (κ3) is 5.00. The van der Waals surface area contributed by atoms with Crippen LogP contribution in [-0.4, -0.2) is 56.6 Å². The van der Waals surface area contributed by atoms with Crippen molar-refractivity contribution in [2.24, 2.45) is 5.92 Å². The summed E-state index contributed by atoms with van der Waals surface area (Å²) in [7, 11) is -7.81. The fourth-order valence-corrected chi connectivity index (χ4v) is 6.73. The molecule has 1 amide bonds. The van der Waals surface area contributed by atoms with E-state index in [4.69, 9.17) is 4.42 Å². The lowest BCUT2D eigenvalue weighted by Gasteiger charge is -2.30. The second-order valence-corrected chi connectivity index (χ2v) is 11.7. The Morgan fingerprint density at radius 1 is 1.00 bits per heavy atom. The van der Waals surface area contributed by atoms with Crippen molar-refractivity contribution in [2.75, 3.05) is 24.7 Å². The predicted octanol–water partition coefficient (Wildman–Crippen LogP) is 2.32. The first-order valence-electron chi connectivity index (χ1n) is 10.3. The standard InChI is InChI=1S/C21H21FN4O6S2/c1-33(28,29)17-4-2-3-5-18(17)34(30,31)26-12-10-14(11-13-26)19(27)23-21-25-24-20(32-21)15-6-8-16(22)9-7-15/h2-9,14H,10-13H2,1H3,(H,23,25,27). The van der Waals surface area contributed by atoms with Crippen molar-refractivity contribution in [3.05, 3.63) is 54.3 Å². The highest BCUT2D eigenvalue weighted by Gasteiger charge is 2.35. The molecule has 180 valence electrons. The SMILES string of the molecule is CS(=O)(=O)c1ccccc1S(=O)(=O)N1CCC(C(=O)Nc2nnc(-c3ccc(F)cc3)o2)CC1. The molecule has 0 spiro atoms. The molecule has 2 heterocycles. The predicted molar refractivity (Wildman–Crippen MR) is 119 cm³/mol. The molecule has 0 unspecified atom stereocenters. The first-order valence-corrected chi connectivity index (χ1v) is 13.6. The quantitative estimate of drug-likeness (QED) is 0.535. The zero-order chi connectivity index (χ0) is 24.5. The molecule has 0 atom stereocenters. The summed E-state index contributed by atoms with van der Waals surface area (Å²) in [5.74, 6) is -1.20. The van der Waals surface area contributed by atoms with E-state index >= 15 is 0 Å². The molecule has 10 nitrogen and oxygen atoms in total. The van der Waals surface area contributed by atoms with Crippen LogP contribution in [0.3, 0.4) is 0 Å². The summed E-state index contributed by atoms with van der Waals surface area (Å²) >= 11 is 0. The van der Waals surface area contributed by atoms with Gasteiger partial charge in [0.25, 0.3) is 0 Å². The maximum Gasteiger partial charge on any atom is 0.322 e. The lowest BCUT2D eigenvalue weighted by molar-refractivity contribution is -0.121. The molecule has 34 heavy (non-hydrogen) atoms. The third-order valence-corrected chi connectivity index (χ3v) is 8.68. The number of piperidine rings is 1. The number of anilines is 1. The van der Waals surface area contributed by atoms with Crippen molar-refractivity contribution in [3.63, 3.8) is 0 Å². The van der Waals surface area contributed by atoms with Crippen LogP contribution in [0, 0.1) is 11.7 Å². The van der Waals surface area contributed by atoms with Crippen LogP contribution in [0.1, 0.15) is 12.8 Å². The Labute approximate surface area is 195 Å². The summed E-state index contributed by atoms with van der Waals surface area (Å²) in [5, 5.41) is 10.1. The number of aromatic nitrogens is 2. The minimum Gasteiger partial charge on any atom is -0.403 e. The summed E-state index contributed by atoms with van der Waals surface area (Å²) in [5.41, 5.74) is 0.488. The van der Waals surface area contributed by atoms with Gasteiger partial charge in [-0.15, -0.1) is 5.10 Å². The van der Waals surface area contributed by atoms with E-state index in [1.165, 1.54) is 52.8 Å². The lowest BCUT2D eigenvalue weighted by atomic mass is 9.97. The van der Waals surface area contributed by atoms with E-state index in [0.717, 1.165) is 6.26 Å². The first kappa shape index (κ1) is 24.0. The van der Waals surface area contributed by atoms with Crippen molar-refractivity contribution in [2.45, 2.75) is 22.6 Å². The Balaban J connectivity index is 1.41. The number of sulfone groups is 1. The molecule has 1 saturated heterocycles. The topological polar surface area (TPSA) is 140 Å². The highest BCUT2D eigenvalue weighted by Crippen LogP contribution is 2.29. The minimum atomic E-state index is -4.06. The Hall–Kier alpha value is -3.16. The Morgan fingerprint density at radius 2 is 1.62 bits per heavy atom. The molecule has 1 aliphatic heterocycles. The molecule has 2 aromatic carbocycles. The van der Waals surface area contributed by atoms with Gasteiger partial charge in [0.05, 0.1) is 4.90 Å². The zero-order valence-corrected chi connectivity index (χ0v) is 19.6.